The van der Waals surface area contributed by atoms with E-state index in [0.717, 1.165) is 19.3 Å². The average Bonchev–Trinajstić information content (AvgIpc) is 3.52. The zero-order valence-electron chi connectivity index (χ0n) is 21.1. The van der Waals surface area contributed by atoms with Crippen molar-refractivity contribution < 1.29 is 26.7 Å². The van der Waals surface area contributed by atoms with Crippen molar-refractivity contribution in [3.63, 3.8) is 0 Å². The van der Waals surface area contributed by atoms with Gasteiger partial charge in [0.1, 0.15) is 34.3 Å². The maximum Gasteiger partial charge on any atom is 0.243 e. The Bertz CT molecular complexity index is 1590. The molecule has 4 rings (SSSR count). The predicted molar refractivity (Wildman–Crippen MR) is 134 cm³/mol. The number of hydrogen-bond donors (Lipinski definition) is 1. The van der Waals surface area contributed by atoms with Crippen LogP contribution in [0.25, 0.3) is 17.3 Å². The van der Waals surface area contributed by atoms with Crippen molar-refractivity contribution >= 4 is 16.0 Å². The van der Waals surface area contributed by atoms with Gasteiger partial charge < -0.3 is 13.9 Å². The Morgan fingerprint density at radius 1 is 1.13 bits per heavy atom. The first-order valence-corrected chi connectivity index (χ1v) is 12.7. The van der Waals surface area contributed by atoms with Crippen LogP contribution in [0.15, 0.2) is 47.1 Å². The number of sulfonamides is 1. The Balaban J connectivity index is 1.83. The van der Waals surface area contributed by atoms with E-state index in [1.165, 1.54) is 25.7 Å². The van der Waals surface area contributed by atoms with Crippen LogP contribution in [0, 0.1) is 18.3 Å². The molecule has 12 nitrogen and oxygen atoms in total. The van der Waals surface area contributed by atoms with E-state index < -0.39 is 26.8 Å². The molecule has 2 atom stereocenters. The van der Waals surface area contributed by atoms with E-state index in [1.54, 1.807) is 37.3 Å². The minimum Gasteiger partial charge on any atom is -0.494 e. The number of alkyl halides is 1. The Kier molecular flexibility index (Phi) is 7.05. The first-order chi connectivity index (χ1) is 18.0. The van der Waals surface area contributed by atoms with Crippen LogP contribution in [0.5, 0.6) is 11.5 Å². The fraction of sp³-hybridized carbons (Fsp3) is 0.292. The summed E-state index contributed by atoms with van der Waals surface area (Å²) in [6.45, 7) is 3.96. The number of rotatable bonds is 9. The molecule has 0 spiro atoms. The van der Waals surface area contributed by atoms with E-state index in [1.807, 2.05) is 6.07 Å². The lowest BCUT2D eigenvalue weighted by atomic mass is 10.0. The molecule has 0 radical (unpaired) electrons. The van der Waals surface area contributed by atoms with E-state index in [9.17, 15) is 8.42 Å². The van der Waals surface area contributed by atoms with Crippen LogP contribution >= 0.6 is 0 Å². The maximum absolute atomic E-state index is 15.9. The molecule has 0 amide bonds. The number of ether oxygens (including phenoxy) is 2. The molecule has 0 aliphatic carbocycles. The zero-order chi connectivity index (χ0) is 27.7. The highest BCUT2D eigenvalue weighted by Gasteiger charge is 2.45. The topological polar surface area (TPSA) is 158 Å². The van der Waals surface area contributed by atoms with Crippen LogP contribution in [-0.4, -0.2) is 52.6 Å². The molecule has 0 saturated carbocycles. The summed E-state index contributed by atoms with van der Waals surface area (Å²) in [5.74, 6) is 1.02. The number of halogens is 1. The van der Waals surface area contributed by atoms with E-state index in [0.29, 0.717) is 23.0 Å². The normalized spacial score (nSPS) is 13.8. The average molecular weight is 542 g/mol. The van der Waals surface area contributed by atoms with E-state index in [-0.39, 0.29) is 23.0 Å². The number of hydrogen-bond acceptors (Lipinski definition) is 10. The van der Waals surface area contributed by atoms with Gasteiger partial charge in [-0.2, -0.15) is 5.26 Å². The quantitative estimate of drug-likeness (QED) is 0.332. The fourth-order valence-corrected chi connectivity index (χ4v) is 4.91. The number of nitrogens with one attached hydrogen (secondary N) is 1. The molecule has 0 aliphatic heterocycles. The molecule has 3 heterocycles. The first-order valence-electron chi connectivity index (χ1n) is 11.2. The Hall–Kier alpha value is -4.51. The van der Waals surface area contributed by atoms with Crippen molar-refractivity contribution in [2.24, 2.45) is 0 Å². The minimum absolute atomic E-state index is 0.109. The van der Waals surface area contributed by atoms with Gasteiger partial charge in [-0.05, 0) is 45.0 Å². The van der Waals surface area contributed by atoms with E-state index in [2.05, 4.69) is 24.9 Å². The molecule has 3 aromatic heterocycles. The number of methoxy groups -OCH3 is 2. The molecule has 0 bridgehead atoms. The smallest absolute Gasteiger partial charge is 0.243 e. The second-order valence-corrected chi connectivity index (χ2v) is 10.4. The van der Waals surface area contributed by atoms with Crippen LogP contribution in [-0.2, 0) is 15.7 Å². The van der Waals surface area contributed by atoms with Crippen molar-refractivity contribution in [3.05, 3.63) is 59.9 Å². The third-order valence-corrected chi connectivity index (χ3v) is 7.77. The number of nitriles is 1. The molecule has 1 aromatic carbocycles. The summed E-state index contributed by atoms with van der Waals surface area (Å²) in [6.07, 6.45) is 2.24. The molecular weight excluding hydrogens is 517 g/mol. The SMILES string of the molecule is COc1cccc(OC)c1-n1c(NS(=O)(=O)[C@H](C)[C@@](C)(F)c2ncc(C#N)cn2)nnc1-c1ccc(C)o1. The summed E-state index contributed by atoms with van der Waals surface area (Å²) in [5, 5.41) is 15.4. The fourth-order valence-electron chi connectivity index (χ4n) is 3.66. The zero-order valence-corrected chi connectivity index (χ0v) is 21.9. The van der Waals surface area contributed by atoms with Crippen LogP contribution in [0.4, 0.5) is 10.3 Å². The van der Waals surface area contributed by atoms with E-state index >= 15 is 4.39 Å². The van der Waals surface area contributed by atoms with Gasteiger partial charge in [0.05, 0.1) is 19.8 Å². The van der Waals surface area contributed by atoms with Crippen molar-refractivity contribution in [2.45, 2.75) is 31.7 Å². The summed E-state index contributed by atoms with van der Waals surface area (Å²) in [4.78, 5) is 7.68. The van der Waals surface area contributed by atoms with Gasteiger partial charge in [0, 0.05) is 12.4 Å². The molecule has 14 heteroatoms. The van der Waals surface area contributed by atoms with Gasteiger partial charge in [-0.25, -0.2) is 22.8 Å². The minimum atomic E-state index is -4.47. The van der Waals surface area contributed by atoms with E-state index in [4.69, 9.17) is 19.2 Å². The largest absolute Gasteiger partial charge is 0.494 e. The lowest BCUT2D eigenvalue weighted by Gasteiger charge is -2.26. The number of furan rings is 1. The number of para-hydroxylation sites is 1. The number of benzene rings is 1. The van der Waals surface area contributed by atoms with Crippen LogP contribution in [0.3, 0.4) is 0 Å². The summed E-state index contributed by atoms with van der Waals surface area (Å²) < 4.78 is 63.2. The molecule has 4 aromatic rings. The van der Waals surface area contributed by atoms with Crippen molar-refractivity contribution in [1.82, 2.24) is 24.7 Å². The van der Waals surface area contributed by atoms with Crippen LogP contribution in [0.1, 0.15) is 31.0 Å². The van der Waals surface area contributed by atoms with Gasteiger partial charge in [-0.15, -0.1) is 10.2 Å². The Morgan fingerprint density at radius 3 is 2.29 bits per heavy atom. The number of nitrogens with zero attached hydrogens (tertiary/aromatic N) is 6. The molecule has 0 fully saturated rings. The van der Waals surface area contributed by atoms with Gasteiger partial charge in [0.25, 0.3) is 0 Å². The second kappa shape index (κ2) is 10.1. The molecule has 38 heavy (non-hydrogen) atoms. The number of aryl methyl sites for hydroxylation is 1. The molecular formula is C24H24FN7O5S. The molecule has 1 N–H and O–H groups in total. The molecule has 198 valence electrons. The van der Waals surface area contributed by atoms with Gasteiger partial charge in [0.2, 0.25) is 21.8 Å². The standard InChI is InChI=1S/C24H24FN7O5S/c1-14-9-10-19(37-14)21-29-30-23(32(21)20-17(35-4)7-6-8-18(20)36-5)31-38(33,34)15(2)24(3,25)22-27-12-16(11-26)13-28-22/h6-10,12-13,15H,1-5H3,(H,30,31)/t15-,24-/m1/s1. The molecule has 0 aliphatic rings. The second-order valence-electron chi connectivity index (χ2n) is 8.38. The van der Waals surface area contributed by atoms with Crippen molar-refractivity contribution in [3.8, 4) is 34.8 Å². The van der Waals surface area contributed by atoms with Crippen LogP contribution in [0.2, 0.25) is 0 Å². The molecule has 0 saturated heterocycles. The van der Waals surface area contributed by atoms with Gasteiger partial charge in [-0.1, -0.05) is 6.07 Å². The monoisotopic (exact) mass is 541 g/mol. The third-order valence-electron chi connectivity index (χ3n) is 5.93. The lowest BCUT2D eigenvalue weighted by molar-refractivity contribution is 0.175. The predicted octanol–water partition coefficient (Wildman–Crippen LogP) is 3.53. The van der Waals surface area contributed by atoms with Gasteiger partial charge >= 0.3 is 0 Å². The van der Waals surface area contributed by atoms with Crippen LogP contribution < -0.4 is 14.2 Å². The highest BCUT2D eigenvalue weighted by Crippen LogP contribution is 2.39. The Morgan fingerprint density at radius 2 is 1.76 bits per heavy atom. The van der Waals surface area contributed by atoms with Gasteiger partial charge in [0.15, 0.2) is 17.3 Å². The van der Waals surface area contributed by atoms with Crippen molar-refractivity contribution in [2.75, 3.05) is 18.9 Å². The highest BCUT2D eigenvalue weighted by atomic mass is 32.2. The Labute approximate surface area is 218 Å². The maximum atomic E-state index is 15.9. The third kappa shape index (κ3) is 4.75. The van der Waals surface area contributed by atoms with Crippen molar-refractivity contribution in [1.29, 1.82) is 5.26 Å². The summed E-state index contributed by atoms with van der Waals surface area (Å²) in [6, 6.07) is 10.2. The number of aromatic nitrogens is 5. The highest BCUT2D eigenvalue weighted by molar-refractivity contribution is 7.93. The lowest BCUT2D eigenvalue weighted by Crippen LogP contribution is -2.41. The molecule has 0 unspecified atom stereocenters. The number of anilines is 1. The summed E-state index contributed by atoms with van der Waals surface area (Å²) in [5.41, 5.74) is -2.14. The van der Waals surface area contributed by atoms with Gasteiger partial charge in [-0.3, -0.25) is 9.29 Å². The first kappa shape index (κ1) is 26.6. The summed E-state index contributed by atoms with van der Waals surface area (Å²) in [7, 11) is -1.59. The summed E-state index contributed by atoms with van der Waals surface area (Å²) >= 11 is 0.